The second-order valence-corrected chi connectivity index (χ2v) is 5.58. The molecule has 0 aromatic carbocycles. The Morgan fingerprint density at radius 1 is 1.30 bits per heavy atom. The van der Waals surface area contributed by atoms with Gasteiger partial charge in [-0.15, -0.1) is 0 Å². The third-order valence-electron chi connectivity index (χ3n) is 3.91. The Bertz CT molecular complexity index is 1090. The van der Waals surface area contributed by atoms with Crippen molar-refractivity contribution < 1.29 is 14.5 Å². The van der Waals surface area contributed by atoms with Gasteiger partial charge in [0.1, 0.15) is 11.8 Å². The molecule has 12 nitrogen and oxygen atoms in total. The van der Waals surface area contributed by atoms with Crippen molar-refractivity contribution in [1.29, 1.82) is 0 Å². The van der Waals surface area contributed by atoms with Crippen LogP contribution in [0.1, 0.15) is 16.8 Å². The summed E-state index contributed by atoms with van der Waals surface area (Å²) >= 11 is 0. The molecule has 0 saturated heterocycles. The number of ether oxygens (including phenoxy) is 1. The van der Waals surface area contributed by atoms with E-state index in [0.717, 1.165) is 17.7 Å². The van der Waals surface area contributed by atoms with Crippen molar-refractivity contribution in [2.75, 3.05) is 12.8 Å². The fourth-order valence-corrected chi connectivity index (χ4v) is 2.62. The van der Waals surface area contributed by atoms with Gasteiger partial charge >= 0.3 is 17.2 Å². The molecule has 0 atom stereocenters. The van der Waals surface area contributed by atoms with Crippen molar-refractivity contribution in [2.24, 2.45) is 0 Å². The number of carbonyl (C=O) groups excluding carboxylic acids is 1. The van der Waals surface area contributed by atoms with Crippen LogP contribution in [0.3, 0.4) is 0 Å². The van der Waals surface area contributed by atoms with E-state index in [1.165, 1.54) is 12.5 Å². The number of aryl methyl sites for hydroxylation is 2. The number of nitrogens with two attached hydrogens (primary N) is 1. The van der Waals surface area contributed by atoms with Gasteiger partial charge in [0.05, 0.1) is 23.9 Å². The van der Waals surface area contributed by atoms with Crippen LogP contribution in [-0.4, -0.2) is 42.1 Å². The molecule has 3 aromatic heterocycles. The Morgan fingerprint density at radius 3 is 2.74 bits per heavy atom. The monoisotopic (exact) mass is 373 g/mol. The van der Waals surface area contributed by atoms with Crippen LogP contribution in [0.5, 0.6) is 0 Å². The summed E-state index contributed by atoms with van der Waals surface area (Å²) < 4.78 is 7.42. The van der Waals surface area contributed by atoms with Crippen LogP contribution in [0, 0.1) is 10.1 Å². The lowest BCUT2D eigenvalue weighted by molar-refractivity contribution is -0.386. The number of methoxy groups -OCH3 is 1. The highest BCUT2D eigenvalue weighted by Crippen LogP contribution is 2.15. The smallest absolute Gasteiger partial charge is 0.339 e. The number of imidazole rings is 1. The zero-order valence-electron chi connectivity index (χ0n) is 14.2. The summed E-state index contributed by atoms with van der Waals surface area (Å²) in [5.41, 5.74) is 5.19. The number of esters is 1. The molecule has 140 valence electrons. The van der Waals surface area contributed by atoms with E-state index < -0.39 is 22.1 Å². The molecule has 0 amide bonds. The SMILES string of the molecule is COC(=O)c1cc([N+](=O)[O-])c(=O)n(CCCn2cnc3c(N)ncnc32)c1. The van der Waals surface area contributed by atoms with Crippen molar-refractivity contribution in [3.8, 4) is 0 Å². The summed E-state index contributed by atoms with van der Waals surface area (Å²) in [6, 6.07) is 0.910. The van der Waals surface area contributed by atoms with Crippen LogP contribution in [0.4, 0.5) is 11.5 Å². The van der Waals surface area contributed by atoms with E-state index in [1.807, 2.05) is 0 Å². The number of fused-ring (bicyclic) bond motifs is 1. The van der Waals surface area contributed by atoms with Crippen LogP contribution in [-0.2, 0) is 17.8 Å². The van der Waals surface area contributed by atoms with Crippen molar-refractivity contribution in [3.63, 3.8) is 0 Å². The summed E-state index contributed by atoms with van der Waals surface area (Å²) in [6.07, 6.45) is 4.54. The largest absolute Gasteiger partial charge is 0.465 e. The fourth-order valence-electron chi connectivity index (χ4n) is 2.62. The van der Waals surface area contributed by atoms with E-state index in [1.54, 1.807) is 10.9 Å². The molecule has 0 unspecified atom stereocenters. The lowest BCUT2D eigenvalue weighted by atomic mass is 10.2. The molecule has 0 bridgehead atoms. The minimum absolute atomic E-state index is 0.0719. The van der Waals surface area contributed by atoms with Gasteiger partial charge in [-0.25, -0.2) is 19.7 Å². The van der Waals surface area contributed by atoms with Crippen molar-refractivity contribution in [1.82, 2.24) is 24.1 Å². The molecule has 0 aliphatic carbocycles. The van der Waals surface area contributed by atoms with Crippen molar-refractivity contribution >= 4 is 28.6 Å². The summed E-state index contributed by atoms with van der Waals surface area (Å²) in [5, 5.41) is 11.1. The molecule has 0 aliphatic heterocycles. The number of hydrogen-bond donors (Lipinski definition) is 1. The van der Waals surface area contributed by atoms with E-state index in [0.29, 0.717) is 24.1 Å². The first-order valence-corrected chi connectivity index (χ1v) is 7.81. The van der Waals surface area contributed by atoms with E-state index >= 15 is 0 Å². The van der Waals surface area contributed by atoms with Gasteiger partial charge < -0.3 is 19.6 Å². The van der Waals surface area contributed by atoms with Gasteiger partial charge in [-0.2, -0.15) is 0 Å². The van der Waals surface area contributed by atoms with E-state index in [9.17, 15) is 19.7 Å². The lowest BCUT2D eigenvalue weighted by Gasteiger charge is -2.08. The predicted octanol–water partition coefficient (Wildman–Crippen LogP) is 0.355. The number of aromatic nitrogens is 5. The Balaban J connectivity index is 1.83. The molecule has 2 N–H and O–H groups in total. The normalized spacial score (nSPS) is 10.9. The van der Waals surface area contributed by atoms with Crippen molar-refractivity contribution in [2.45, 2.75) is 19.5 Å². The third-order valence-corrected chi connectivity index (χ3v) is 3.91. The van der Waals surface area contributed by atoms with E-state index in [-0.39, 0.29) is 17.9 Å². The second-order valence-electron chi connectivity index (χ2n) is 5.58. The maximum absolute atomic E-state index is 12.2. The number of nitro groups is 1. The number of anilines is 1. The number of rotatable bonds is 6. The van der Waals surface area contributed by atoms with Gasteiger partial charge in [0.15, 0.2) is 11.5 Å². The maximum atomic E-state index is 12.2. The summed E-state index contributed by atoms with van der Waals surface area (Å²) in [5.74, 6) is -0.504. The third kappa shape index (κ3) is 3.44. The number of pyridine rings is 1. The van der Waals surface area contributed by atoms with Gasteiger partial charge in [0.2, 0.25) is 0 Å². The fraction of sp³-hybridized carbons (Fsp3) is 0.267. The number of carbonyl (C=O) groups is 1. The van der Waals surface area contributed by atoms with E-state index in [4.69, 9.17) is 5.73 Å². The number of nitrogens with zero attached hydrogens (tertiary/aromatic N) is 6. The molecule has 0 fully saturated rings. The minimum atomic E-state index is -0.825. The van der Waals surface area contributed by atoms with Crippen molar-refractivity contribution in [3.05, 3.63) is 50.9 Å². The summed E-state index contributed by atoms with van der Waals surface area (Å²) in [6.45, 7) is 0.570. The standard InChI is InChI=1S/C15H15N7O5/c1-27-15(24)9-5-10(22(25)26)14(23)20(6-9)3-2-4-21-8-19-11-12(16)17-7-18-13(11)21/h5-8H,2-4H2,1H3,(H2,16,17,18). The van der Waals surface area contributed by atoms with Crippen LogP contribution in [0.15, 0.2) is 29.7 Å². The minimum Gasteiger partial charge on any atom is -0.465 e. The van der Waals surface area contributed by atoms with Gasteiger partial charge in [-0.1, -0.05) is 0 Å². The first kappa shape index (κ1) is 18.0. The van der Waals surface area contributed by atoms with E-state index in [2.05, 4.69) is 19.7 Å². The number of nitrogen functional groups attached to an aromatic ring is 1. The molecule has 0 aliphatic rings. The summed E-state index contributed by atoms with van der Waals surface area (Å²) in [4.78, 5) is 46.3. The molecular weight excluding hydrogens is 358 g/mol. The zero-order chi connectivity index (χ0) is 19.6. The molecule has 3 heterocycles. The van der Waals surface area contributed by atoms with Crippen LogP contribution in [0.2, 0.25) is 0 Å². The maximum Gasteiger partial charge on any atom is 0.339 e. The molecule has 3 aromatic rings. The average molecular weight is 373 g/mol. The Morgan fingerprint density at radius 2 is 2.04 bits per heavy atom. The highest BCUT2D eigenvalue weighted by molar-refractivity contribution is 5.89. The number of hydrogen-bond acceptors (Lipinski definition) is 9. The van der Waals surface area contributed by atoms with Gasteiger partial charge in [0, 0.05) is 25.4 Å². The molecule has 12 heteroatoms. The highest BCUT2D eigenvalue weighted by Gasteiger charge is 2.20. The molecule has 0 spiro atoms. The molecule has 3 rings (SSSR count). The molecular formula is C15H15N7O5. The Labute approximate surface area is 151 Å². The lowest BCUT2D eigenvalue weighted by Crippen LogP contribution is -2.24. The van der Waals surface area contributed by atoms with Crippen LogP contribution >= 0.6 is 0 Å². The van der Waals surface area contributed by atoms with Gasteiger partial charge in [0.25, 0.3) is 0 Å². The quantitative estimate of drug-likeness (QED) is 0.365. The predicted molar refractivity (Wildman–Crippen MR) is 93.0 cm³/mol. The van der Waals surface area contributed by atoms with Crippen LogP contribution in [0.25, 0.3) is 11.2 Å². The Kier molecular flexibility index (Phi) is 4.79. The zero-order valence-corrected chi connectivity index (χ0v) is 14.2. The highest BCUT2D eigenvalue weighted by atomic mass is 16.6. The van der Waals surface area contributed by atoms with Gasteiger partial charge in [-0.3, -0.25) is 14.9 Å². The second kappa shape index (κ2) is 7.19. The Hall–Kier alpha value is -3.83. The topological polar surface area (TPSA) is 161 Å². The van der Waals surface area contributed by atoms with Gasteiger partial charge in [-0.05, 0) is 6.42 Å². The molecule has 0 saturated carbocycles. The first-order chi connectivity index (χ1) is 12.9. The van der Waals surface area contributed by atoms with Crippen LogP contribution < -0.4 is 11.3 Å². The first-order valence-electron chi connectivity index (χ1n) is 7.81. The summed E-state index contributed by atoms with van der Waals surface area (Å²) in [7, 11) is 1.15. The molecule has 27 heavy (non-hydrogen) atoms. The average Bonchev–Trinajstić information content (AvgIpc) is 3.06. The molecule has 0 radical (unpaired) electrons.